The van der Waals surface area contributed by atoms with E-state index in [2.05, 4.69) is 29.2 Å². The molecule has 3 aliphatic heterocycles. The molecule has 0 saturated carbocycles. The number of Topliss-reactive ketones (excluding diaryl/α,β-unsaturated/α-hetero) is 1. The monoisotopic (exact) mass is 634 g/mol. The predicted molar refractivity (Wildman–Crippen MR) is 187 cm³/mol. The smallest absolute Gasteiger partial charge is 0.253 e. The fraction of sp³-hybridized carbons (Fsp3) is 0.200. The van der Waals surface area contributed by atoms with Crippen molar-refractivity contribution < 1.29 is 19.1 Å². The van der Waals surface area contributed by atoms with Crippen molar-refractivity contribution in [1.82, 2.24) is 14.8 Å². The Balaban J connectivity index is 1.24. The fourth-order valence-corrected chi connectivity index (χ4v) is 7.01. The maximum atomic E-state index is 13.9. The number of pyridine rings is 1. The van der Waals surface area contributed by atoms with E-state index in [4.69, 9.17) is 9.72 Å². The number of hydrogen-bond acceptors (Lipinski definition) is 6. The number of fused-ring (bicyclic) bond motifs is 2. The van der Waals surface area contributed by atoms with E-state index in [9.17, 15) is 14.4 Å². The quantitative estimate of drug-likeness (QED) is 0.211. The molecule has 238 valence electrons. The molecule has 0 aliphatic carbocycles. The first-order chi connectivity index (χ1) is 23.5. The Morgan fingerprint density at radius 3 is 2.17 bits per heavy atom. The largest absolute Gasteiger partial charge is 0.378 e. The van der Waals surface area contributed by atoms with Gasteiger partial charge in [0.05, 0.1) is 41.9 Å². The van der Waals surface area contributed by atoms with E-state index in [1.165, 1.54) is 11.8 Å². The third-order valence-corrected chi connectivity index (χ3v) is 9.58. The highest BCUT2D eigenvalue weighted by Crippen LogP contribution is 2.39. The lowest BCUT2D eigenvalue weighted by atomic mass is 9.91. The Morgan fingerprint density at radius 2 is 1.46 bits per heavy atom. The Hall–Kier alpha value is -5.44. The summed E-state index contributed by atoms with van der Waals surface area (Å²) in [6.07, 6.45) is 1.70. The molecule has 0 N–H and O–H groups in total. The molecule has 4 heterocycles. The van der Waals surface area contributed by atoms with Crippen molar-refractivity contribution in [3.05, 3.63) is 126 Å². The van der Waals surface area contributed by atoms with Gasteiger partial charge in [-0.15, -0.1) is 0 Å². The molecule has 8 rings (SSSR count). The molecule has 0 bridgehead atoms. The van der Waals surface area contributed by atoms with Gasteiger partial charge in [-0.3, -0.25) is 24.2 Å². The van der Waals surface area contributed by atoms with E-state index < -0.39 is 0 Å². The number of hydrogen-bond donors (Lipinski definition) is 0. The van der Waals surface area contributed by atoms with Crippen LogP contribution in [0.15, 0.2) is 109 Å². The van der Waals surface area contributed by atoms with Gasteiger partial charge in [0.2, 0.25) is 11.7 Å². The predicted octanol–water partition coefficient (Wildman–Crippen LogP) is 6.32. The van der Waals surface area contributed by atoms with Gasteiger partial charge < -0.3 is 9.64 Å². The van der Waals surface area contributed by atoms with Gasteiger partial charge in [0.1, 0.15) is 0 Å². The summed E-state index contributed by atoms with van der Waals surface area (Å²) in [4.78, 5) is 51.0. The van der Waals surface area contributed by atoms with Gasteiger partial charge in [-0.25, -0.2) is 4.98 Å². The van der Waals surface area contributed by atoms with Crippen molar-refractivity contribution in [2.45, 2.75) is 13.0 Å². The number of benzene rings is 4. The summed E-state index contributed by atoms with van der Waals surface area (Å²) in [5.74, 6) is -0.471. The highest BCUT2D eigenvalue weighted by Gasteiger charge is 2.35. The van der Waals surface area contributed by atoms with Crippen molar-refractivity contribution in [3.8, 4) is 22.3 Å². The minimum absolute atomic E-state index is 0.00122. The van der Waals surface area contributed by atoms with Crippen LogP contribution < -0.4 is 4.90 Å². The first-order valence-electron chi connectivity index (χ1n) is 16.3. The molecular formula is C40H34N4O4. The maximum absolute atomic E-state index is 13.9. The topological polar surface area (TPSA) is 83.1 Å². The van der Waals surface area contributed by atoms with Crippen LogP contribution in [0, 0.1) is 0 Å². The van der Waals surface area contributed by atoms with Gasteiger partial charge >= 0.3 is 0 Å². The first kappa shape index (κ1) is 29.9. The summed E-state index contributed by atoms with van der Waals surface area (Å²) in [6, 6.07) is 33.6. The molecule has 0 spiro atoms. The SMILES string of the molecule is CC(=O)N1/C(=C\c2cc(-c3ccccc3-c3ccccc3)c3cc(C(=O)N4CCN(C5COC5)CC4)ccc3n2)C(=O)c2ccccc21. The summed E-state index contributed by atoms with van der Waals surface area (Å²) in [5.41, 5.74) is 7.10. The number of allylic oxidation sites excluding steroid dienone is 1. The standard InChI is InChI=1S/C40H34N4O4/c1-26(45)44-37-14-8-7-13-33(37)39(46)38(44)23-29-22-34(32-12-6-5-11-31(32)27-9-3-2-4-10-27)35-21-28(15-16-36(35)41-29)40(47)43-19-17-42(18-20-43)30-24-48-25-30/h2-16,21-23,30H,17-20,24-25H2,1H3/b38-23-. The first-order valence-corrected chi connectivity index (χ1v) is 16.3. The van der Waals surface area contributed by atoms with E-state index in [0.29, 0.717) is 47.2 Å². The lowest BCUT2D eigenvalue weighted by molar-refractivity contribution is -0.116. The van der Waals surface area contributed by atoms with Gasteiger partial charge in [0.25, 0.3) is 5.91 Å². The van der Waals surface area contributed by atoms with Crippen LogP contribution in [0.4, 0.5) is 5.69 Å². The van der Waals surface area contributed by atoms with Crippen LogP contribution in [0.25, 0.3) is 39.2 Å². The maximum Gasteiger partial charge on any atom is 0.253 e. The van der Waals surface area contributed by atoms with Crippen molar-refractivity contribution in [1.29, 1.82) is 0 Å². The number of aromatic nitrogens is 1. The second-order valence-corrected chi connectivity index (χ2v) is 12.5. The van der Waals surface area contributed by atoms with Crippen LogP contribution in [-0.2, 0) is 9.53 Å². The van der Waals surface area contributed by atoms with Crippen LogP contribution in [0.2, 0.25) is 0 Å². The van der Waals surface area contributed by atoms with Crippen LogP contribution in [0.3, 0.4) is 0 Å². The highest BCUT2D eigenvalue weighted by molar-refractivity contribution is 6.26. The van der Waals surface area contributed by atoms with Crippen molar-refractivity contribution >= 4 is 40.3 Å². The van der Waals surface area contributed by atoms with Crippen molar-refractivity contribution in [3.63, 3.8) is 0 Å². The molecule has 0 atom stereocenters. The summed E-state index contributed by atoms with van der Waals surface area (Å²) < 4.78 is 5.37. The third-order valence-electron chi connectivity index (χ3n) is 9.58. The minimum Gasteiger partial charge on any atom is -0.378 e. The van der Waals surface area contributed by atoms with Crippen molar-refractivity contribution in [2.75, 3.05) is 44.3 Å². The number of rotatable bonds is 5. The molecule has 4 aromatic carbocycles. The number of ether oxygens (including phenoxy) is 1. The molecule has 2 fully saturated rings. The minimum atomic E-state index is -0.250. The average molecular weight is 635 g/mol. The zero-order chi connectivity index (χ0) is 32.8. The molecule has 0 unspecified atom stereocenters. The van der Waals surface area contributed by atoms with Gasteiger partial charge in [-0.1, -0.05) is 66.7 Å². The molecular weight excluding hydrogens is 600 g/mol. The van der Waals surface area contributed by atoms with E-state index in [0.717, 1.165) is 53.9 Å². The highest BCUT2D eigenvalue weighted by atomic mass is 16.5. The Morgan fingerprint density at radius 1 is 0.771 bits per heavy atom. The lowest BCUT2D eigenvalue weighted by Gasteiger charge is -2.42. The summed E-state index contributed by atoms with van der Waals surface area (Å²) in [7, 11) is 0. The van der Waals surface area contributed by atoms with Gasteiger partial charge in [-0.05, 0) is 64.7 Å². The number of carbonyl (C=O) groups excluding carboxylic acids is 3. The second-order valence-electron chi connectivity index (χ2n) is 12.5. The van der Waals surface area contributed by atoms with Gasteiger partial charge in [0.15, 0.2) is 0 Å². The third kappa shape index (κ3) is 5.29. The number of amides is 2. The number of piperazine rings is 1. The fourth-order valence-electron chi connectivity index (χ4n) is 7.01. The van der Waals surface area contributed by atoms with Crippen LogP contribution >= 0.6 is 0 Å². The van der Waals surface area contributed by atoms with E-state index in [1.807, 2.05) is 65.6 Å². The molecule has 48 heavy (non-hydrogen) atoms. The summed E-state index contributed by atoms with van der Waals surface area (Å²) in [5, 5.41) is 0.834. The lowest BCUT2D eigenvalue weighted by Crippen LogP contribution is -2.57. The molecule has 5 aromatic rings. The zero-order valence-electron chi connectivity index (χ0n) is 26.6. The summed E-state index contributed by atoms with van der Waals surface area (Å²) >= 11 is 0. The molecule has 2 amide bonds. The Labute approximate surface area is 278 Å². The molecule has 3 aliphatic rings. The number of para-hydroxylation sites is 1. The molecule has 8 heteroatoms. The number of anilines is 1. The Kier molecular flexibility index (Phi) is 7.67. The Bertz CT molecular complexity index is 2110. The molecule has 2 saturated heterocycles. The van der Waals surface area contributed by atoms with E-state index in [-0.39, 0.29) is 23.3 Å². The van der Waals surface area contributed by atoms with Crippen molar-refractivity contribution in [2.24, 2.45) is 0 Å². The molecule has 8 nitrogen and oxygen atoms in total. The van der Waals surface area contributed by atoms with Gasteiger partial charge in [-0.2, -0.15) is 0 Å². The van der Waals surface area contributed by atoms with E-state index in [1.54, 1.807) is 24.3 Å². The normalized spacial score (nSPS) is 17.5. The molecule has 1 aromatic heterocycles. The van der Waals surface area contributed by atoms with Crippen LogP contribution in [0.5, 0.6) is 0 Å². The van der Waals surface area contributed by atoms with Crippen LogP contribution in [0.1, 0.15) is 33.3 Å². The van der Waals surface area contributed by atoms with Crippen LogP contribution in [-0.4, -0.2) is 77.8 Å². The number of carbonyl (C=O) groups is 3. The zero-order valence-corrected chi connectivity index (χ0v) is 26.6. The summed E-state index contributed by atoms with van der Waals surface area (Å²) in [6.45, 7) is 6.01. The number of nitrogens with zero attached hydrogens (tertiary/aromatic N) is 4. The van der Waals surface area contributed by atoms with Gasteiger partial charge in [0, 0.05) is 49.6 Å². The van der Waals surface area contributed by atoms with E-state index >= 15 is 0 Å². The molecule has 0 radical (unpaired) electrons. The number of ketones is 1. The average Bonchev–Trinajstić information content (AvgIpc) is 3.38. The second kappa shape index (κ2) is 12.3.